The lowest BCUT2D eigenvalue weighted by atomic mass is 9.89. The number of hydrogen-bond acceptors (Lipinski definition) is 19. The third-order valence-electron chi connectivity index (χ3n) is 11.2. The van der Waals surface area contributed by atoms with Crippen LogP contribution in [0.1, 0.15) is 91.9 Å². The van der Waals surface area contributed by atoms with Gasteiger partial charge in [0, 0.05) is 51.2 Å². The van der Waals surface area contributed by atoms with Crippen LogP contribution in [0.4, 0.5) is 5.69 Å². The van der Waals surface area contributed by atoms with Gasteiger partial charge in [0.15, 0.2) is 18.3 Å². The molecule has 0 radical (unpaired) electrons. The fourth-order valence-corrected chi connectivity index (χ4v) is 7.91. The number of anilines is 1. The van der Waals surface area contributed by atoms with Crippen molar-refractivity contribution in [2.24, 2.45) is 16.8 Å². The van der Waals surface area contributed by atoms with E-state index in [0.717, 1.165) is 6.42 Å². The van der Waals surface area contributed by atoms with Crippen LogP contribution in [0.5, 0.6) is 0 Å². The first-order valence-corrected chi connectivity index (χ1v) is 24.2. The zero-order valence-corrected chi connectivity index (χ0v) is 41.5. The number of hydrogen-bond donors (Lipinski definition) is 3. The molecule has 8 atom stereocenters. The Balaban J connectivity index is 1.17. The summed E-state index contributed by atoms with van der Waals surface area (Å²) in [5, 5.41) is 24.7. The molecule has 3 N–H and O–H groups in total. The molecule has 69 heavy (non-hydrogen) atoms. The number of nitrogens with one attached hydrogen (secondary N) is 1. The number of esters is 5. The lowest BCUT2D eigenvalue weighted by Gasteiger charge is -2.22. The van der Waals surface area contributed by atoms with Gasteiger partial charge in [-0.3, -0.25) is 34.2 Å². The Morgan fingerprint density at radius 2 is 1.54 bits per heavy atom. The minimum absolute atomic E-state index is 0.178. The minimum Gasteiger partial charge on any atom is -0.463 e. The van der Waals surface area contributed by atoms with E-state index in [0.29, 0.717) is 92.2 Å². The maximum atomic E-state index is 13.1. The van der Waals surface area contributed by atoms with Crippen molar-refractivity contribution in [3.63, 3.8) is 0 Å². The fraction of sp³-hybridized carbons (Fsp3) is 0.604. The Hall–Kier alpha value is -5.35. The molecular formula is C48H66BrN5O15. The monoisotopic (exact) mass is 1030 g/mol. The summed E-state index contributed by atoms with van der Waals surface area (Å²) in [5.74, 6) is -4.93. The summed E-state index contributed by atoms with van der Waals surface area (Å²) in [6, 6.07) is 3.55. The second kappa shape index (κ2) is 29.6. The van der Waals surface area contributed by atoms with Crippen LogP contribution in [0, 0.1) is 11.8 Å². The lowest BCUT2D eigenvalue weighted by Crippen LogP contribution is -2.39. The molecule has 1 saturated carbocycles. The summed E-state index contributed by atoms with van der Waals surface area (Å²) < 4.78 is 37.3. The topological polar surface area (TPSA) is 261 Å². The number of nitrogens with zero attached hydrogens (tertiary/aromatic N) is 4. The molecule has 2 aromatic rings. The highest BCUT2D eigenvalue weighted by Gasteiger charge is 2.40. The molecule has 1 amide bonds. The van der Waals surface area contributed by atoms with E-state index in [-0.39, 0.29) is 44.2 Å². The van der Waals surface area contributed by atoms with E-state index in [2.05, 4.69) is 36.2 Å². The summed E-state index contributed by atoms with van der Waals surface area (Å²) in [6.45, 7) is 7.80. The number of guanidine groups is 1. The molecule has 20 nitrogen and oxygen atoms in total. The molecule has 21 heteroatoms. The molecule has 4 rings (SSSR count). The van der Waals surface area contributed by atoms with Gasteiger partial charge in [-0.05, 0) is 92.9 Å². The average Bonchev–Trinajstić information content (AvgIpc) is 3.91. The number of aliphatic imine (C=N–C) groups is 1. The molecule has 3 unspecified atom stereocenters. The van der Waals surface area contributed by atoms with Crippen LogP contribution < -0.4 is 5.32 Å². The van der Waals surface area contributed by atoms with Crippen molar-refractivity contribution in [2.45, 2.75) is 129 Å². The van der Waals surface area contributed by atoms with Gasteiger partial charge in [-0.1, -0.05) is 31.6 Å². The molecule has 1 aromatic heterocycles. The van der Waals surface area contributed by atoms with Crippen molar-refractivity contribution in [3.8, 4) is 0 Å². The molecule has 0 bridgehead atoms. The quantitative estimate of drug-likeness (QED) is 0.0442. The first-order chi connectivity index (χ1) is 33.1. The molecule has 1 aliphatic heterocycles. The average molecular weight is 1030 g/mol. The van der Waals surface area contributed by atoms with Gasteiger partial charge < -0.3 is 48.7 Å². The maximum absolute atomic E-state index is 13.1. The predicted molar refractivity (Wildman–Crippen MR) is 254 cm³/mol. The normalized spacial score (nSPS) is 19.8. The van der Waals surface area contributed by atoms with Crippen LogP contribution in [0.3, 0.4) is 0 Å². The summed E-state index contributed by atoms with van der Waals surface area (Å²) >= 11 is 3.53. The van der Waals surface area contributed by atoms with Gasteiger partial charge in [-0.25, -0.2) is 14.4 Å². The number of methoxy groups -OCH3 is 1. The largest absolute Gasteiger partial charge is 0.463 e. The zero-order chi connectivity index (χ0) is 50.3. The number of benzene rings is 1. The van der Waals surface area contributed by atoms with Crippen molar-refractivity contribution < 1.29 is 72.1 Å². The number of amides is 1. The number of unbranched alkanes of at least 4 members (excludes halogenated alkanes) is 2. The molecule has 380 valence electrons. The molecule has 2 heterocycles. The highest BCUT2D eigenvalue weighted by molar-refractivity contribution is 9.10. The molecular weight excluding hydrogens is 966 g/mol. The highest BCUT2D eigenvalue weighted by Crippen LogP contribution is 2.37. The van der Waals surface area contributed by atoms with Gasteiger partial charge in [0.1, 0.15) is 18.2 Å². The second-order valence-corrected chi connectivity index (χ2v) is 17.3. The van der Waals surface area contributed by atoms with E-state index in [1.165, 1.54) is 25.7 Å². The van der Waals surface area contributed by atoms with E-state index >= 15 is 0 Å². The minimum atomic E-state index is -1.49. The fourth-order valence-electron chi connectivity index (χ4n) is 7.37. The van der Waals surface area contributed by atoms with Crippen molar-refractivity contribution in [1.29, 1.82) is 0 Å². The first kappa shape index (κ1) is 56.2. The number of rotatable bonds is 28. The van der Waals surface area contributed by atoms with E-state index in [9.17, 15) is 39.0 Å². The second-order valence-electron chi connectivity index (χ2n) is 16.6. The van der Waals surface area contributed by atoms with Crippen molar-refractivity contribution >= 4 is 74.4 Å². The Kier molecular flexibility index (Phi) is 24.1. The van der Waals surface area contributed by atoms with Gasteiger partial charge in [-0.15, -0.1) is 0 Å². The third kappa shape index (κ3) is 18.5. The number of aliphatic hydroxyl groups is 2. The predicted octanol–water partition coefficient (Wildman–Crippen LogP) is 4.92. The molecule has 1 aliphatic carbocycles. The SMILES string of the molecule is CCCC[C@@H](/C=C/[C@@H]1[C@@H](C/C=C\CCCC(=O)OCCOCCOC)[C@@H](O)C[C@H]1O)OC(=O)C(C)OC(=O)C(C)OC(=O)C(C)OC(=O)CCC(=O)N1CCN=C1Nc1ccc2nccnc2c1Br. The van der Waals surface area contributed by atoms with Crippen molar-refractivity contribution in [3.05, 3.63) is 53.3 Å². The molecule has 0 saturated heterocycles. The number of aliphatic hydroxyl groups excluding tert-OH is 2. The van der Waals surface area contributed by atoms with Gasteiger partial charge in [0.25, 0.3) is 0 Å². The zero-order valence-electron chi connectivity index (χ0n) is 39.9. The van der Waals surface area contributed by atoms with E-state index in [1.807, 2.05) is 19.1 Å². The molecule has 1 aromatic carbocycles. The van der Waals surface area contributed by atoms with Crippen molar-refractivity contribution in [1.82, 2.24) is 14.9 Å². The van der Waals surface area contributed by atoms with E-state index in [4.69, 9.17) is 33.2 Å². The van der Waals surface area contributed by atoms with Crippen LogP contribution in [-0.4, -0.2) is 150 Å². The summed E-state index contributed by atoms with van der Waals surface area (Å²) in [5.41, 5.74) is 1.91. The summed E-state index contributed by atoms with van der Waals surface area (Å²) in [7, 11) is 1.58. The Bertz CT molecular complexity index is 2120. The molecule has 1 fully saturated rings. The number of aromatic nitrogens is 2. The van der Waals surface area contributed by atoms with E-state index < -0.39 is 72.3 Å². The number of allylic oxidation sites excluding steroid dienone is 2. The lowest BCUT2D eigenvalue weighted by molar-refractivity contribution is -0.182. The smallest absolute Gasteiger partial charge is 0.347 e. The van der Waals surface area contributed by atoms with Gasteiger partial charge in [0.05, 0.1) is 60.7 Å². The van der Waals surface area contributed by atoms with Crippen LogP contribution in [0.2, 0.25) is 0 Å². The van der Waals surface area contributed by atoms with Crippen LogP contribution in [0.25, 0.3) is 11.0 Å². The van der Waals surface area contributed by atoms with Gasteiger partial charge in [-0.2, -0.15) is 0 Å². The van der Waals surface area contributed by atoms with Crippen LogP contribution >= 0.6 is 15.9 Å². The number of carbonyl (C=O) groups excluding carboxylic acids is 6. The van der Waals surface area contributed by atoms with Gasteiger partial charge in [0.2, 0.25) is 11.9 Å². The highest BCUT2D eigenvalue weighted by atomic mass is 79.9. The van der Waals surface area contributed by atoms with E-state index in [1.54, 1.807) is 43.8 Å². The van der Waals surface area contributed by atoms with Crippen LogP contribution in [0.15, 0.2) is 58.3 Å². The summed E-state index contributed by atoms with van der Waals surface area (Å²) in [4.78, 5) is 91.0. The number of ether oxygens (including phenoxy) is 7. The Morgan fingerprint density at radius 1 is 0.841 bits per heavy atom. The van der Waals surface area contributed by atoms with Gasteiger partial charge >= 0.3 is 29.8 Å². The molecule has 0 spiro atoms. The summed E-state index contributed by atoms with van der Waals surface area (Å²) in [6.07, 6.45) is 7.33. The first-order valence-electron chi connectivity index (χ1n) is 23.4. The number of fused-ring (bicyclic) bond motifs is 1. The van der Waals surface area contributed by atoms with Crippen molar-refractivity contribution in [2.75, 3.05) is 51.9 Å². The number of halogens is 1. The number of carbonyl (C=O) groups is 6. The standard InChI is InChI=1S/C48H66BrN5O15/c1-6-7-12-33(15-16-35-34(38(55)29-39(35)56)13-10-8-9-11-14-41(58)65-28-27-64-26-25-63-5)69-47(62)32(4)68-46(61)31(3)67-45(60)30(2)66-42(59)20-19-40(57)54-24-23-52-48(54)53-36-17-18-37-44(43(36)49)51-22-21-50-37/h8,10,15-18,21-22,30-35,38-39,55-56H,6-7,9,11-14,19-20,23-29H2,1-5H3,(H,52,53)/b10-8-,16-15+/t30?,31?,32?,33-,34+,35+,38-,39+/m0/s1. The van der Waals surface area contributed by atoms with Crippen LogP contribution in [-0.2, 0) is 61.9 Å². The molecule has 2 aliphatic rings. The Morgan fingerprint density at radius 3 is 2.26 bits per heavy atom. The maximum Gasteiger partial charge on any atom is 0.347 e. The Labute approximate surface area is 410 Å². The third-order valence-corrected chi connectivity index (χ3v) is 12.0.